The van der Waals surface area contributed by atoms with Crippen LogP contribution in [0.5, 0.6) is 5.75 Å². The van der Waals surface area contributed by atoms with E-state index in [-0.39, 0.29) is 0 Å². The van der Waals surface area contributed by atoms with Crippen molar-refractivity contribution < 1.29 is 14.3 Å². The summed E-state index contributed by atoms with van der Waals surface area (Å²) < 4.78 is 11.6. The van der Waals surface area contributed by atoms with E-state index < -0.39 is 11.6 Å². The minimum Gasteiger partial charge on any atom is -0.475 e. The Morgan fingerprint density at radius 1 is 1.35 bits per heavy atom. The molecule has 0 saturated heterocycles. The second-order valence-corrected chi connectivity index (χ2v) is 5.57. The quantitative estimate of drug-likeness (QED) is 0.798. The molecule has 0 atom stereocenters. The Labute approximate surface area is 126 Å². The molecule has 20 heavy (non-hydrogen) atoms. The van der Waals surface area contributed by atoms with Crippen LogP contribution >= 0.6 is 15.9 Å². The molecule has 0 N–H and O–H groups in total. The topological polar surface area (TPSA) is 48.4 Å². The molecule has 0 radical (unpaired) electrons. The number of rotatable bonds is 4. The number of esters is 1. The number of carbonyl (C=O) groups excluding carboxylic acids is 1. The van der Waals surface area contributed by atoms with Gasteiger partial charge in [0.2, 0.25) is 0 Å². The molecule has 0 spiro atoms. The Kier molecular flexibility index (Phi) is 4.28. The van der Waals surface area contributed by atoms with E-state index in [0.29, 0.717) is 12.4 Å². The van der Waals surface area contributed by atoms with Crippen LogP contribution in [0.2, 0.25) is 0 Å². The van der Waals surface area contributed by atoms with E-state index in [4.69, 9.17) is 9.47 Å². The third-order valence-corrected chi connectivity index (χ3v) is 3.63. The molecule has 1 aromatic carbocycles. The van der Waals surface area contributed by atoms with Crippen LogP contribution in [0.1, 0.15) is 20.8 Å². The summed E-state index contributed by atoms with van der Waals surface area (Å²) in [7, 11) is 0. The second-order valence-electron chi connectivity index (χ2n) is 4.78. The van der Waals surface area contributed by atoms with E-state index in [9.17, 15) is 4.79 Å². The largest absolute Gasteiger partial charge is 0.475 e. The molecule has 0 bridgehead atoms. The first-order valence-electron chi connectivity index (χ1n) is 6.35. The molecule has 0 fully saturated rings. The van der Waals surface area contributed by atoms with Gasteiger partial charge in [-0.2, -0.15) is 0 Å². The molecule has 0 aliphatic carbocycles. The van der Waals surface area contributed by atoms with Gasteiger partial charge >= 0.3 is 5.97 Å². The number of hydrogen-bond donors (Lipinski definition) is 0. The van der Waals surface area contributed by atoms with Crippen molar-refractivity contribution in [1.82, 2.24) is 4.98 Å². The number of fused-ring (bicyclic) bond motifs is 1. The first-order valence-corrected chi connectivity index (χ1v) is 7.14. The molecule has 0 aliphatic rings. The maximum absolute atomic E-state index is 11.9. The van der Waals surface area contributed by atoms with Crippen molar-refractivity contribution in [1.29, 1.82) is 0 Å². The highest BCUT2D eigenvalue weighted by Gasteiger charge is 2.32. The summed E-state index contributed by atoms with van der Waals surface area (Å²) in [4.78, 5) is 16.1. The van der Waals surface area contributed by atoms with Gasteiger partial charge < -0.3 is 9.47 Å². The van der Waals surface area contributed by atoms with Gasteiger partial charge in [0.25, 0.3) is 0 Å². The van der Waals surface area contributed by atoms with Crippen LogP contribution in [-0.2, 0) is 9.53 Å². The predicted octanol–water partition coefficient (Wildman–Crippen LogP) is 3.72. The second kappa shape index (κ2) is 5.79. The smallest absolute Gasteiger partial charge is 0.349 e. The SMILES string of the molecule is CCOC(=O)C(C)(C)Oc1ccc2ncccc2c1Br. The number of hydrogen-bond acceptors (Lipinski definition) is 4. The molecule has 2 rings (SSSR count). The van der Waals surface area contributed by atoms with Crippen LogP contribution in [-0.4, -0.2) is 23.2 Å². The fraction of sp³-hybridized carbons (Fsp3) is 0.333. The summed E-state index contributed by atoms with van der Waals surface area (Å²) in [6, 6.07) is 7.45. The van der Waals surface area contributed by atoms with Crippen LogP contribution in [0.25, 0.3) is 10.9 Å². The minimum atomic E-state index is -1.05. The first-order chi connectivity index (χ1) is 9.45. The molecule has 2 aromatic rings. The predicted molar refractivity (Wildman–Crippen MR) is 80.8 cm³/mol. The maximum atomic E-state index is 11.9. The molecule has 0 saturated carbocycles. The number of nitrogens with zero attached hydrogens (tertiary/aromatic N) is 1. The molecule has 0 unspecified atom stereocenters. The van der Waals surface area contributed by atoms with Crippen LogP contribution in [0.4, 0.5) is 0 Å². The Hall–Kier alpha value is -1.62. The number of halogens is 1. The summed E-state index contributed by atoms with van der Waals surface area (Å²) >= 11 is 3.51. The molecule has 5 heteroatoms. The Morgan fingerprint density at radius 3 is 2.80 bits per heavy atom. The fourth-order valence-electron chi connectivity index (χ4n) is 1.80. The standard InChI is InChI=1S/C15H16BrNO3/c1-4-19-14(18)15(2,3)20-12-8-7-11-10(13(12)16)6-5-9-17-11/h5-9H,4H2,1-3H3. The number of benzene rings is 1. The number of aromatic nitrogens is 1. The van der Waals surface area contributed by atoms with Gasteiger partial charge in [0.15, 0.2) is 5.60 Å². The summed E-state index contributed by atoms with van der Waals surface area (Å²) in [6.07, 6.45) is 1.73. The zero-order valence-corrected chi connectivity index (χ0v) is 13.2. The highest BCUT2D eigenvalue weighted by Crippen LogP contribution is 2.34. The number of ether oxygens (including phenoxy) is 2. The molecular weight excluding hydrogens is 322 g/mol. The van der Waals surface area contributed by atoms with Gasteiger partial charge in [-0.25, -0.2) is 4.79 Å². The van der Waals surface area contributed by atoms with Crippen molar-refractivity contribution in [3.05, 3.63) is 34.9 Å². The lowest BCUT2D eigenvalue weighted by Gasteiger charge is -2.25. The van der Waals surface area contributed by atoms with E-state index >= 15 is 0 Å². The maximum Gasteiger partial charge on any atom is 0.349 e. The lowest BCUT2D eigenvalue weighted by Crippen LogP contribution is -2.39. The molecular formula is C15H16BrNO3. The molecule has 4 nitrogen and oxygen atoms in total. The van der Waals surface area contributed by atoms with Crippen molar-refractivity contribution in [2.75, 3.05) is 6.61 Å². The van der Waals surface area contributed by atoms with Gasteiger partial charge in [0.1, 0.15) is 5.75 Å². The van der Waals surface area contributed by atoms with Crippen LogP contribution in [0.15, 0.2) is 34.9 Å². The van der Waals surface area contributed by atoms with Gasteiger partial charge in [0.05, 0.1) is 16.6 Å². The zero-order chi connectivity index (χ0) is 14.8. The van der Waals surface area contributed by atoms with Gasteiger partial charge in [0, 0.05) is 11.6 Å². The highest BCUT2D eigenvalue weighted by atomic mass is 79.9. The van der Waals surface area contributed by atoms with Crippen molar-refractivity contribution in [3.8, 4) is 5.75 Å². The number of carbonyl (C=O) groups is 1. The third kappa shape index (κ3) is 2.93. The van der Waals surface area contributed by atoms with E-state index in [1.54, 1.807) is 33.0 Å². The normalized spacial score (nSPS) is 11.4. The third-order valence-electron chi connectivity index (χ3n) is 2.82. The average Bonchev–Trinajstić information content (AvgIpc) is 2.42. The monoisotopic (exact) mass is 337 g/mol. The molecule has 1 aromatic heterocycles. The highest BCUT2D eigenvalue weighted by molar-refractivity contribution is 9.10. The summed E-state index contributed by atoms with van der Waals surface area (Å²) in [6.45, 7) is 5.47. The lowest BCUT2D eigenvalue weighted by molar-refractivity contribution is -0.158. The minimum absolute atomic E-state index is 0.328. The summed E-state index contributed by atoms with van der Waals surface area (Å²) in [5, 5.41) is 0.935. The van der Waals surface area contributed by atoms with Gasteiger partial charge in [-0.05, 0) is 54.9 Å². The first kappa shape index (κ1) is 14.8. The van der Waals surface area contributed by atoms with Gasteiger partial charge in [-0.3, -0.25) is 4.98 Å². The van der Waals surface area contributed by atoms with Crippen molar-refractivity contribution >= 4 is 32.8 Å². The zero-order valence-electron chi connectivity index (χ0n) is 11.6. The fourth-order valence-corrected chi connectivity index (χ4v) is 2.35. The summed E-state index contributed by atoms with van der Waals surface area (Å²) in [5.41, 5.74) is -0.185. The Balaban J connectivity index is 2.34. The average molecular weight is 338 g/mol. The van der Waals surface area contributed by atoms with Crippen LogP contribution < -0.4 is 4.74 Å². The Morgan fingerprint density at radius 2 is 2.10 bits per heavy atom. The van der Waals surface area contributed by atoms with E-state index in [1.165, 1.54) is 0 Å². The van der Waals surface area contributed by atoms with Crippen LogP contribution in [0, 0.1) is 0 Å². The van der Waals surface area contributed by atoms with Crippen LogP contribution in [0.3, 0.4) is 0 Å². The van der Waals surface area contributed by atoms with E-state index in [2.05, 4.69) is 20.9 Å². The Bertz CT molecular complexity index is 640. The number of pyridine rings is 1. The lowest BCUT2D eigenvalue weighted by atomic mass is 10.1. The molecule has 106 valence electrons. The van der Waals surface area contributed by atoms with Crippen molar-refractivity contribution in [2.45, 2.75) is 26.4 Å². The van der Waals surface area contributed by atoms with E-state index in [1.807, 2.05) is 18.2 Å². The van der Waals surface area contributed by atoms with E-state index in [0.717, 1.165) is 15.4 Å². The molecule has 0 amide bonds. The summed E-state index contributed by atoms with van der Waals surface area (Å²) in [5.74, 6) is 0.196. The molecule has 1 heterocycles. The van der Waals surface area contributed by atoms with Gasteiger partial charge in [-0.1, -0.05) is 6.07 Å². The molecule has 0 aliphatic heterocycles. The van der Waals surface area contributed by atoms with Crippen molar-refractivity contribution in [3.63, 3.8) is 0 Å². The van der Waals surface area contributed by atoms with Crippen molar-refractivity contribution in [2.24, 2.45) is 0 Å². The van der Waals surface area contributed by atoms with Gasteiger partial charge in [-0.15, -0.1) is 0 Å².